The fourth-order valence-corrected chi connectivity index (χ4v) is 1.68. The molecule has 18 heavy (non-hydrogen) atoms. The van der Waals surface area contributed by atoms with E-state index >= 15 is 0 Å². The van der Waals surface area contributed by atoms with Gasteiger partial charge >= 0.3 is 6.18 Å². The number of nitrogens with two attached hydrogens (primary N) is 1. The van der Waals surface area contributed by atoms with Gasteiger partial charge in [0.15, 0.2) is 0 Å². The van der Waals surface area contributed by atoms with Gasteiger partial charge in [0.25, 0.3) is 0 Å². The lowest BCUT2D eigenvalue weighted by Gasteiger charge is -2.27. The van der Waals surface area contributed by atoms with Gasteiger partial charge in [-0.05, 0) is 31.9 Å². The molecule has 102 valence electrons. The van der Waals surface area contributed by atoms with Gasteiger partial charge in [0.1, 0.15) is 0 Å². The highest BCUT2D eigenvalue weighted by Crippen LogP contribution is 2.35. The quantitative estimate of drug-likeness (QED) is 0.907. The molecule has 0 aliphatic rings. The molecule has 1 rings (SSSR count). The van der Waals surface area contributed by atoms with Crippen molar-refractivity contribution in [1.82, 2.24) is 4.98 Å². The Hall–Kier alpha value is -1.14. The number of hydrogen-bond acceptors (Lipinski definition) is 3. The predicted octanol–water partition coefficient (Wildman–Crippen LogP) is 2.92. The second-order valence-electron chi connectivity index (χ2n) is 4.74. The molecule has 1 atom stereocenters. The van der Waals surface area contributed by atoms with Crippen LogP contribution in [0.4, 0.5) is 13.2 Å². The molecule has 0 spiro atoms. The Labute approximate surface area is 104 Å². The topological polar surface area (TPSA) is 48.1 Å². The van der Waals surface area contributed by atoms with Crippen molar-refractivity contribution in [2.45, 2.75) is 38.1 Å². The third kappa shape index (κ3) is 3.68. The van der Waals surface area contributed by atoms with Crippen LogP contribution in [0.5, 0.6) is 0 Å². The molecule has 1 unspecified atom stereocenters. The number of methoxy groups -OCH3 is 1. The monoisotopic (exact) mass is 262 g/mol. The minimum absolute atomic E-state index is 0.00451. The molecule has 1 aromatic heterocycles. The highest BCUT2D eigenvalue weighted by Gasteiger charge is 2.35. The Morgan fingerprint density at radius 2 is 2.00 bits per heavy atom. The summed E-state index contributed by atoms with van der Waals surface area (Å²) in [5, 5.41) is 0. The van der Waals surface area contributed by atoms with Crippen LogP contribution >= 0.6 is 0 Å². The van der Waals surface area contributed by atoms with Gasteiger partial charge in [0.05, 0.1) is 11.2 Å². The van der Waals surface area contributed by atoms with Gasteiger partial charge in [-0.3, -0.25) is 4.98 Å². The number of aromatic nitrogens is 1. The largest absolute Gasteiger partial charge is 0.416 e. The molecule has 0 aromatic carbocycles. The van der Waals surface area contributed by atoms with E-state index in [9.17, 15) is 13.2 Å². The van der Waals surface area contributed by atoms with E-state index < -0.39 is 23.4 Å². The van der Waals surface area contributed by atoms with E-state index in [1.54, 1.807) is 13.8 Å². The summed E-state index contributed by atoms with van der Waals surface area (Å²) in [5.41, 5.74) is 4.51. The molecule has 2 N–H and O–H groups in total. The van der Waals surface area contributed by atoms with Crippen molar-refractivity contribution in [3.05, 3.63) is 29.6 Å². The van der Waals surface area contributed by atoms with Gasteiger partial charge in [0.2, 0.25) is 0 Å². The minimum Gasteiger partial charge on any atom is -0.379 e. The molecular formula is C12H17F3N2O. The van der Waals surface area contributed by atoms with Crippen molar-refractivity contribution in [2.75, 3.05) is 7.11 Å². The Kier molecular flexibility index (Phi) is 4.34. The van der Waals surface area contributed by atoms with Crippen molar-refractivity contribution in [1.29, 1.82) is 0 Å². The lowest BCUT2D eigenvalue weighted by Crippen LogP contribution is -2.30. The first-order chi connectivity index (χ1) is 8.17. The number of hydrogen-bond donors (Lipinski definition) is 1. The minimum atomic E-state index is -4.42. The summed E-state index contributed by atoms with van der Waals surface area (Å²) in [7, 11) is 1.50. The van der Waals surface area contributed by atoms with Crippen LogP contribution in [0.2, 0.25) is 0 Å². The van der Waals surface area contributed by atoms with Gasteiger partial charge in [0, 0.05) is 25.5 Å². The average molecular weight is 262 g/mol. The zero-order chi connectivity index (χ0) is 14.0. The smallest absolute Gasteiger partial charge is 0.379 e. The maximum absolute atomic E-state index is 12.8. The van der Waals surface area contributed by atoms with Gasteiger partial charge in [-0.15, -0.1) is 0 Å². The molecule has 1 heterocycles. The Morgan fingerprint density at radius 1 is 1.39 bits per heavy atom. The molecule has 0 bridgehead atoms. The number of nitrogens with zero attached hydrogens (tertiary/aromatic N) is 1. The van der Waals surface area contributed by atoms with E-state index in [0.29, 0.717) is 0 Å². The molecule has 0 saturated heterocycles. The van der Waals surface area contributed by atoms with Crippen LogP contribution in [0.15, 0.2) is 18.5 Å². The Bertz CT molecular complexity index is 405. The average Bonchev–Trinajstić information content (AvgIpc) is 2.27. The highest BCUT2D eigenvalue weighted by atomic mass is 19.4. The summed E-state index contributed by atoms with van der Waals surface area (Å²) in [6, 6.07) is 0.167. The molecule has 0 radical (unpaired) electrons. The van der Waals surface area contributed by atoms with Crippen LogP contribution < -0.4 is 5.73 Å². The lowest BCUT2D eigenvalue weighted by atomic mass is 9.92. The second kappa shape index (κ2) is 5.24. The summed E-state index contributed by atoms with van der Waals surface area (Å²) in [6.07, 6.45) is -1.87. The van der Waals surface area contributed by atoms with Crippen molar-refractivity contribution >= 4 is 0 Å². The van der Waals surface area contributed by atoms with Crippen molar-refractivity contribution in [3.63, 3.8) is 0 Å². The number of rotatable bonds is 4. The predicted molar refractivity (Wildman–Crippen MR) is 61.9 cm³/mol. The molecule has 0 fully saturated rings. The van der Waals surface area contributed by atoms with Crippen LogP contribution in [0.1, 0.15) is 37.4 Å². The third-order valence-electron chi connectivity index (χ3n) is 2.82. The fraction of sp³-hybridized carbons (Fsp3) is 0.583. The molecule has 0 amide bonds. The van der Waals surface area contributed by atoms with Crippen molar-refractivity contribution in [2.24, 2.45) is 5.73 Å². The van der Waals surface area contributed by atoms with Crippen LogP contribution in [-0.2, 0) is 10.9 Å². The summed E-state index contributed by atoms with van der Waals surface area (Å²) >= 11 is 0. The third-order valence-corrected chi connectivity index (χ3v) is 2.82. The molecule has 0 saturated carbocycles. The standard InChI is InChI=1S/C12H17F3N2O/c1-11(2,18-3)6-10(16)8-7-17-5-4-9(8)12(13,14)15/h4-5,7,10H,6,16H2,1-3H3. The van der Waals surface area contributed by atoms with E-state index in [-0.39, 0.29) is 12.0 Å². The van der Waals surface area contributed by atoms with Crippen molar-refractivity contribution in [3.8, 4) is 0 Å². The summed E-state index contributed by atoms with van der Waals surface area (Å²) in [5.74, 6) is 0. The normalized spacial score (nSPS) is 14.6. The van der Waals surface area contributed by atoms with Crippen LogP contribution in [0.3, 0.4) is 0 Å². The molecule has 1 aromatic rings. The Balaban J connectivity index is 3.03. The van der Waals surface area contributed by atoms with E-state index in [1.165, 1.54) is 13.3 Å². The molecule has 6 heteroatoms. The van der Waals surface area contributed by atoms with E-state index in [4.69, 9.17) is 10.5 Å². The van der Waals surface area contributed by atoms with Gasteiger partial charge in [-0.25, -0.2) is 0 Å². The van der Waals surface area contributed by atoms with Crippen molar-refractivity contribution < 1.29 is 17.9 Å². The fourth-order valence-electron chi connectivity index (χ4n) is 1.68. The first-order valence-corrected chi connectivity index (χ1v) is 5.49. The summed E-state index contributed by atoms with van der Waals surface area (Å²) in [6.45, 7) is 3.55. The molecular weight excluding hydrogens is 245 g/mol. The van der Waals surface area contributed by atoms with E-state index in [1.807, 2.05) is 0 Å². The summed E-state index contributed by atoms with van der Waals surface area (Å²) in [4.78, 5) is 3.71. The van der Waals surface area contributed by atoms with Crippen LogP contribution in [0.25, 0.3) is 0 Å². The highest BCUT2D eigenvalue weighted by molar-refractivity contribution is 5.29. The zero-order valence-corrected chi connectivity index (χ0v) is 10.6. The molecule has 0 aliphatic carbocycles. The lowest BCUT2D eigenvalue weighted by molar-refractivity contribution is -0.138. The van der Waals surface area contributed by atoms with Crippen LogP contribution in [-0.4, -0.2) is 17.7 Å². The maximum atomic E-state index is 12.8. The van der Waals surface area contributed by atoms with E-state index in [2.05, 4.69) is 4.98 Å². The molecule has 3 nitrogen and oxygen atoms in total. The van der Waals surface area contributed by atoms with Gasteiger partial charge in [-0.2, -0.15) is 13.2 Å². The number of ether oxygens (including phenoxy) is 1. The maximum Gasteiger partial charge on any atom is 0.416 e. The van der Waals surface area contributed by atoms with Gasteiger partial charge in [-0.1, -0.05) is 0 Å². The second-order valence-corrected chi connectivity index (χ2v) is 4.74. The van der Waals surface area contributed by atoms with Crippen LogP contribution in [0, 0.1) is 0 Å². The van der Waals surface area contributed by atoms with Gasteiger partial charge < -0.3 is 10.5 Å². The first kappa shape index (κ1) is 14.9. The summed E-state index contributed by atoms with van der Waals surface area (Å²) < 4.78 is 43.6. The number of alkyl halides is 3. The number of pyridine rings is 1. The molecule has 0 aliphatic heterocycles. The zero-order valence-electron chi connectivity index (χ0n) is 10.6. The SMILES string of the molecule is COC(C)(C)CC(N)c1cnccc1C(F)(F)F. The Morgan fingerprint density at radius 3 is 2.50 bits per heavy atom. The number of halogens is 3. The van der Waals surface area contributed by atoms with E-state index in [0.717, 1.165) is 12.3 Å². The first-order valence-electron chi connectivity index (χ1n) is 5.49.